The van der Waals surface area contributed by atoms with Gasteiger partial charge in [0, 0.05) is 18.0 Å². The largest absolute Gasteiger partial charge is 0.493 e. The number of amides is 1. The number of hydrogen-bond acceptors (Lipinski definition) is 6. The van der Waals surface area contributed by atoms with Gasteiger partial charge in [-0.05, 0) is 59.9 Å². The Hall–Kier alpha value is -3.87. The maximum Gasteiger partial charge on any atom is 0.271 e. The van der Waals surface area contributed by atoms with Gasteiger partial charge in [0.2, 0.25) is 0 Å². The molecule has 0 bridgehead atoms. The zero-order valence-electron chi connectivity index (χ0n) is 19.2. The zero-order valence-corrected chi connectivity index (χ0v) is 19.2. The van der Waals surface area contributed by atoms with Gasteiger partial charge in [0.05, 0.1) is 13.3 Å². The summed E-state index contributed by atoms with van der Waals surface area (Å²) in [5, 5.41) is 4.00. The number of hydrazone groups is 1. The van der Waals surface area contributed by atoms with Crippen LogP contribution in [-0.4, -0.2) is 37.4 Å². The molecule has 0 radical (unpaired) electrons. The number of aromatic nitrogens is 1. The first kappa shape index (κ1) is 23.8. The predicted octanol–water partition coefficient (Wildman–Crippen LogP) is 4.83. The van der Waals surface area contributed by atoms with E-state index in [2.05, 4.69) is 35.4 Å². The molecule has 1 N–H and O–H groups in total. The van der Waals surface area contributed by atoms with Crippen molar-refractivity contribution in [2.45, 2.75) is 26.2 Å². The standard InChI is InChI=1S/C26H29N3O4/c1-4-19(2)22-7-5-6-8-23(22)32-15-16-33-24-10-9-20(17-25(24)31-3)18-28-29-26(30)21-11-13-27-14-12-21/h5-14,17-19H,4,15-16H2,1-3H3,(H,29,30). The van der Waals surface area contributed by atoms with Crippen LogP contribution in [0.1, 0.15) is 47.7 Å². The summed E-state index contributed by atoms with van der Waals surface area (Å²) in [6, 6.07) is 16.8. The number of nitrogens with zero attached hydrogens (tertiary/aromatic N) is 2. The number of hydrogen-bond donors (Lipinski definition) is 1. The highest BCUT2D eigenvalue weighted by atomic mass is 16.5. The fraction of sp³-hybridized carbons (Fsp3) is 0.269. The van der Waals surface area contributed by atoms with Crippen molar-refractivity contribution in [3.05, 3.63) is 83.7 Å². The summed E-state index contributed by atoms with van der Waals surface area (Å²) in [6.07, 6.45) is 5.70. The SMILES string of the molecule is CCC(C)c1ccccc1OCCOc1ccc(C=NNC(=O)c2ccncc2)cc1OC. The summed E-state index contributed by atoms with van der Waals surface area (Å²) in [6.45, 7) is 5.15. The van der Waals surface area contributed by atoms with Crippen molar-refractivity contribution in [3.8, 4) is 17.2 Å². The van der Waals surface area contributed by atoms with Crippen molar-refractivity contribution in [2.75, 3.05) is 20.3 Å². The molecule has 0 saturated heterocycles. The summed E-state index contributed by atoms with van der Waals surface area (Å²) < 4.78 is 17.3. The fourth-order valence-electron chi connectivity index (χ4n) is 3.16. The molecule has 2 aromatic carbocycles. The Morgan fingerprint density at radius 3 is 2.48 bits per heavy atom. The maximum absolute atomic E-state index is 12.0. The smallest absolute Gasteiger partial charge is 0.271 e. The van der Waals surface area contributed by atoms with E-state index in [1.165, 1.54) is 5.56 Å². The van der Waals surface area contributed by atoms with Crippen LogP contribution in [0, 0.1) is 0 Å². The Morgan fingerprint density at radius 1 is 1.03 bits per heavy atom. The number of carbonyl (C=O) groups is 1. The molecule has 7 heteroatoms. The van der Waals surface area contributed by atoms with E-state index in [0.29, 0.717) is 36.2 Å². The van der Waals surface area contributed by atoms with Crippen molar-refractivity contribution >= 4 is 12.1 Å². The molecule has 3 rings (SSSR count). The Morgan fingerprint density at radius 2 is 1.76 bits per heavy atom. The van der Waals surface area contributed by atoms with Gasteiger partial charge < -0.3 is 14.2 Å². The molecule has 0 saturated carbocycles. The van der Waals surface area contributed by atoms with E-state index in [0.717, 1.165) is 17.7 Å². The van der Waals surface area contributed by atoms with Crippen LogP contribution in [0.15, 0.2) is 72.1 Å². The minimum Gasteiger partial charge on any atom is -0.493 e. The Labute approximate surface area is 194 Å². The fourth-order valence-corrected chi connectivity index (χ4v) is 3.16. The monoisotopic (exact) mass is 447 g/mol. The Bertz CT molecular complexity index is 1070. The number of nitrogens with one attached hydrogen (secondary N) is 1. The topological polar surface area (TPSA) is 82.0 Å². The van der Waals surface area contributed by atoms with E-state index in [1.807, 2.05) is 24.3 Å². The van der Waals surface area contributed by atoms with Crippen molar-refractivity contribution in [1.82, 2.24) is 10.4 Å². The van der Waals surface area contributed by atoms with Gasteiger partial charge in [-0.3, -0.25) is 9.78 Å². The first-order valence-electron chi connectivity index (χ1n) is 10.9. The molecule has 0 aliphatic carbocycles. The van der Waals surface area contributed by atoms with E-state index in [9.17, 15) is 4.79 Å². The van der Waals surface area contributed by atoms with Crippen LogP contribution in [0.5, 0.6) is 17.2 Å². The van der Waals surface area contributed by atoms with E-state index >= 15 is 0 Å². The highest BCUT2D eigenvalue weighted by Gasteiger charge is 2.10. The summed E-state index contributed by atoms with van der Waals surface area (Å²) in [4.78, 5) is 15.9. The molecule has 0 aliphatic rings. The highest BCUT2D eigenvalue weighted by molar-refractivity contribution is 5.94. The Balaban J connectivity index is 1.53. The second-order valence-corrected chi connectivity index (χ2v) is 7.39. The molecule has 1 unspecified atom stereocenters. The molecule has 0 fully saturated rings. The van der Waals surface area contributed by atoms with E-state index < -0.39 is 0 Å². The third-order valence-electron chi connectivity index (χ3n) is 5.17. The number of rotatable bonds is 11. The summed E-state index contributed by atoms with van der Waals surface area (Å²) in [5.74, 6) is 2.19. The first-order chi connectivity index (χ1) is 16.1. The number of para-hydroxylation sites is 1. The average molecular weight is 448 g/mol. The van der Waals surface area contributed by atoms with Gasteiger partial charge in [-0.25, -0.2) is 5.43 Å². The molecule has 172 valence electrons. The molecule has 7 nitrogen and oxygen atoms in total. The minimum atomic E-state index is -0.310. The van der Waals surface area contributed by atoms with Crippen LogP contribution in [0.25, 0.3) is 0 Å². The molecule has 1 heterocycles. The van der Waals surface area contributed by atoms with Crippen LogP contribution < -0.4 is 19.6 Å². The molecule has 1 aromatic heterocycles. The van der Waals surface area contributed by atoms with Gasteiger partial charge in [0.25, 0.3) is 5.91 Å². The van der Waals surface area contributed by atoms with Gasteiger partial charge in [0.15, 0.2) is 11.5 Å². The number of pyridine rings is 1. The summed E-state index contributed by atoms with van der Waals surface area (Å²) in [5.41, 5.74) is 4.93. The number of carbonyl (C=O) groups excluding carboxylic acids is 1. The molecule has 3 aromatic rings. The predicted molar refractivity (Wildman–Crippen MR) is 128 cm³/mol. The average Bonchev–Trinajstić information content (AvgIpc) is 2.87. The second-order valence-electron chi connectivity index (χ2n) is 7.39. The molecule has 0 spiro atoms. The number of ether oxygens (including phenoxy) is 3. The minimum absolute atomic E-state index is 0.310. The lowest BCUT2D eigenvalue weighted by molar-refractivity contribution is 0.0955. The van der Waals surface area contributed by atoms with Gasteiger partial charge in [-0.15, -0.1) is 0 Å². The summed E-state index contributed by atoms with van der Waals surface area (Å²) >= 11 is 0. The first-order valence-corrected chi connectivity index (χ1v) is 10.9. The molecular weight excluding hydrogens is 418 g/mol. The van der Waals surface area contributed by atoms with Crippen molar-refractivity contribution in [2.24, 2.45) is 5.10 Å². The lowest BCUT2D eigenvalue weighted by atomic mass is 9.98. The molecule has 1 amide bonds. The van der Waals surface area contributed by atoms with Gasteiger partial charge in [-0.2, -0.15) is 5.10 Å². The third-order valence-corrected chi connectivity index (χ3v) is 5.17. The van der Waals surface area contributed by atoms with Crippen LogP contribution >= 0.6 is 0 Å². The van der Waals surface area contributed by atoms with Gasteiger partial charge in [0.1, 0.15) is 19.0 Å². The molecular formula is C26H29N3O4. The lowest BCUT2D eigenvalue weighted by Gasteiger charge is -2.16. The van der Waals surface area contributed by atoms with E-state index in [1.54, 1.807) is 50.0 Å². The van der Waals surface area contributed by atoms with Crippen LogP contribution in [0.3, 0.4) is 0 Å². The summed E-state index contributed by atoms with van der Waals surface area (Å²) in [7, 11) is 1.58. The Kier molecular flexibility index (Phi) is 8.82. The lowest BCUT2D eigenvalue weighted by Crippen LogP contribution is -2.17. The van der Waals surface area contributed by atoms with Crippen LogP contribution in [0.4, 0.5) is 0 Å². The number of methoxy groups -OCH3 is 1. The van der Waals surface area contributed by atoms with Crippen molar-refractivity contribution in [3.63, 3.8) is 0 Å². The quantitative estimate of drug-likeness (QED) is 0.259. The van der Waals surface area contributed by atoms with Crippen LogP contribution in [-0.2, 0) is 0 Å². The third kappa shape index (κ3) is 6.80. The van der Waals surface area contributed by atoms with Crippen molar-refractivity contribution < 1.29 is 19.0 Å². The normalized spacial score (nSPS) is 11.7. The molecule has 33 heavy (non-hydrogen) atoms. The molecule has 1 atom stereocenters. The second kappa shape index (κ2) is 12.2. The molecule has 0 aliphatic heterocycles. The van der Waals surface area contributed by atoms with Gasteiger partial charge in [-0.1, -0.05) is 32.0 Å². The zero-order chi connectivity index (χ0) is 23.5. The van der Waals surface area contributed by atoms with Crippen molar-refractivity contribution in [1.29, 1.82) is 0 Å². The highest BCUT2D eigenvalue weighted by Crippen LogP contribution is 2.29. The number of benzene rings is 2. The van der Waals surface area contributed by atoms with Crippen LogP contribution in [0.2, 0.25) is 0 Å². The van der Waals surface area contributed by atoms with E-state index in [-0.39, 0.29) is 5.91 Å². The maximum atomic E-state index is 12.0. The van der Waals surface area contributed by atoms with Gasteiger partial charge >= 0.3 is 0 Å². The van der Waals surface area contributed by atoms with E-state index in [4.69, 9.17) is 14.2 Å².